The SMILES string of the molecule is N#Cc1[nH]n2c(=O)c(I)c(CCl)nc2c1-c1ccccc1. The second-order valence-corrected chi connectivity index (χ2v) is 5.66. The molecule has 0 saturated heterocycles. The number of nitrogens with zero attached hydrogens (tertiary/aromatic N) is 3. The Morgan fingerprint density at radius 2 is 2.10 bits per heavy atom. The van der Waals surface area contributed by atoms with Gasteiger partial charge in [0.05, 0.1) is 17.1 Å². The third kappa shape index (κ3) is 2.22. The Balaban J connectivity index is 2.47. The van der Waals surface area contributed by atoms with E-state index in [1.54, 1.807) is 0 Å². The van der Waals surface area contributed by atoms with Crippen LogP contribution in [0.25, 0.3) is 16.8 Å². The molecule has 5 nitrogen and oxygen atoms in total. The molecule has 1 N–H and O–H groups in total. The van der Waals surface area contributed by atoms with Crippen LogP contribution in [0.1, 0.15) is 11.4 Å². The number of aromatic nitrogens is 3. The average molecular weight is 411 g/mol. The Morgan fingerprint density at radius 1 is 1.38 bits per heavy atom. The zero-order chi connectivity index (χ0) is 15.0. The molecule has 21 heavy (non-hydrogen) atoms. The lowest BCUT2D eigenvalue weighted by atomic mass is 10.1. The van der Waals surface area contributed by atoms with Crippen molar-refractivity contribution in [2.45, 2.75) is 5.88 Å². The molecule has 0 radical (unpaired) electrons. The van der Waals surface area contributed by atoms with Gasteiger partial charge in [-0.05, 0) is 28.2 Å². The molecule has 3 rings (SSSR count). The average Bonchev–Trinajstić information content (AvgIpc) is 2.90. The minimum atomic E-state index is -0.255. The van der Waals surface area contributed by atoms with Gasteiger partial charge >= 0.3 is 0 Å². The zero-order valence-corrected chi connectivity index (χ0v) is 13.5. The molecule has 0 amide bonds. The van der Waals surface area contributed by atoms with Crippen LogP contribution in [-0.2, 0) is 5.88 Å². The smallest absolute Gasteiger partial charge is 0.279 e. The van der Waals surface area contributed by atoms with Gasteiger partial charge in [0.15, 0.2) is 5.65 Å². The van der Waals surface area contributed by atoms with Gasteiger partial charge in [-0.1, -0.05) is 30.3 Å². The first-order valence-corrected chi connectivity index (χ1v) is 7.63. The van der Waals surface area contributed by atoms with Gasteiger partial charge in [-0.2, -0.15) is 9.78 Å². The molecule has 0 atom stereocenters. The number of hydrogen-bond acceptors (Lipinski definition) is 3. The van der Waals surface area contributed by atoms with Gasteiger partial charge in [0, 0.05) is 0 Å². The molecule has 0 saturated carbocycles. The summed E-state index contributed by atoms with van der Waals surface area (Å²) in [6.45, 7) is 0. The Hall–Kier alpha value is -1.85. The molecule has 2 heterocycles. The third-order valence-electron chi connectivity index (χ3n) is 3.09. The van der Waals surface area contributed by atoms with E-state index in [0.717, 1.165) is 5.56 Å². The fourth-order valence-electron chi connectivity index (χ4n) is 2.14. The Labute approximate surface area is 138 Å². The van der Waals surface area contributed by atoms with Crippen molar-refractivity contribution >= 4 is 39.8 Å². The van der Waals surface area contributed by atoms with E-state index in [1.807, 2.05) is 52.9 Å². The number of halogens is 2. The number of hydrogen-bond donors (Lipinski definition) is 1. The summed E-state index contributed by atoms with van der Waals surface area (Å²) in [5.74, 6) is 0.144. The molecular formula is C14H8ClIN4O. The van der Waals surface area contributed by atoms with E-state index in [2.05, 4.69) is 16.2 Å². The third-order valence-corrected chi connectivity index (χ3v) is 4.43. The summed E-state index contributed by atoms with van der Waals surface area (Å²) in [4.78, 5) is 16.8. The summed E-state index contributed by atoms with van der Waals surface area (Å²) in [5.41, 5.74) is 2.41. The van der Waals surface area contributed by atoms with Crippen molar-refractivity contribution in [1.82, 2.24) is 14.6 Å². The van der Waals surface area contributed by atoms with Crippen molar-refractivity contribution in [3.05, 3.63) is 55.6 Å². The standard InChI is InChI=1S/C14H8ClIN4O/c15-6-9-12(16)14(21)20-13(18-9)11(10(7-17)19-20)8-4-2-1-3-5-8/h1-5,19H,6H2. The minimum absolute atomic E-state index is 0.144. The number of rotatable bonds is 2. The molecule has 0 aliphatic heterocycles. The van der Waals surface area contributed by atoms with Crippen molar-refractivity contribution in [1.29, 1.82) is 5.26 Å². The maximum absolute atomic E-state index is 12.3. The van der Waals surface area contributed by atoms with Gasteiger partial charge < -0.3 is 0 Å². The predicted molar refractivity (Wildman–Crippen MR) is 88.2 cm³/mol. The predicted octanol–water partition coefficient (Wildman–Crippen LogP) is 2.90. The van der Waals surface area contributed by atoms with Gasteiger partial charge in [0.2, 0.25) is 0 Å². The molecule has 0 unspecified atom stereocenters. The molecule has 0 bridgehead atoms. The molecular weight excluding hydrogens is 403 g/mol. The highest BCUT2D eigenvalue weighted by molar-refractivity contribution is 14.1. The van der Waals surface area contributed by atoms with Crippen molar-refractivity contribution in [2.75, 3.05) is 0 Å². The van der Waals surface area contributed by atoms with Crippen LogP contribution >= 0.6 is 34.2 Å². The van der Waals surface area contributed by atoms with E-state index in [1.165, 1.54) is 4.52 Å². The second-order valence-electron chi connectivity index (χ2n) is 4.31. The maximum atomic E-state index is 12.3. The number of benzene rings is 1. The number of nitriles is 1. The first-order chi connectivity index (χ1) is 10.2. The van der Waals surface area contributed by atoms with Gasteiger partial charge in [-0.15, -0.1) is 11.6 Å². The summed E-state index contributed by atoms with van der Waals surface area (Å²) in [6.07, 6.45) is 0. The lowest BCUT2D eigenvalue weighted by molar-refractivity contribution is 0.871. The number of H-pyrrole nitrogens is 1. The molecule has 3 aromatic rings. The van der Waals surface area contributed by atoms with Crippen molar-refractivity contribution in [3.63, 3.8) is 0 Å². The zero-order valence-electron chi connectivity index (χ0n) is 10.6. The van der Waals surface area contributed by atoms with Crippen LogP contribution in [0, 0.1) is 14.9 Å². The lowest BCUT2D eigenvalue weighted by Crippen LogP contribution is -2.20. The quantitative estimate of drug-likeness (QED) is 0.521. The number of nitrogens with one attached hydrogen (secondary N) is 1. The number of alkyl halides is 1. The van der Waals surface area contributed by atoms with Gasteiger partial charge in [0.1, 0.15) is 15.3 Å². The topological polar surface area (TPSA) is 73.9 Å². The summed E-state index contributed by atoms with van der Waals surface area (Å²) in [5, 5.41) is 12.1. The normalized spacial score (nSPS) is 10.7. The van der Waals surface area contributed by atoms with Gasteiger partial charge in [-0.3, -0.25) is 9.89 Å². The largest absolute Gasteiger partial charge is 0.286 e. The summed E-state index contributed by atoms with van der Waals surface area (Å²) in [6, 6.07) is 11.4. The van der Waals surface area contributed by atoms with Crippen LogP contribution in [0.2, 0.25) is 0 Å². The van der Waals surface area contributed by atoms with Gasteiger partial charge in [-0.25, -0.2) is 4.98 Å². The Morgan fingerprint density at radius 3 is 2.71 bits per heavy atom. The summed E-state index contributed by atoms with van der Waals surface area (Å²) >= 11 is 7.77. The van der Waals surface area contributed by atoms with Crippen LogP contribution in [-0.4, -0.2) is 14.6 Å². The monoisotopic (exact) mass is 410 g/mol. The van der Waals surface area contributed by atoms with Crippen LogP contribution in [0.15, 0.2) is 35.1 Å². The lowest BCUT2D eigenvalue weighted by Gasteiger charge is -2.02. The maximum Gasteiger partial charge on any atom is 0.286 e. The molecule has 0 aliphatic carbocycles. The highest BCUT2D eigenvalue weighted by atomic mass is 127. The molecule has 2 aromatic heterocycles. The minimum Gasteiger partial charge on any atom is -0.279 e. The second kappa shape index (κ2) is 5.50. The Bertz CT molecular complexity index is 924. The van der Waals surface area contributed by atoms with Crippen molar-refractivity contribution < 1.29 is 0 Å². The van der Waals surface area contributed by atoms with Crippen LogP contribution in [0.3, 0.4) is 0 Å². The molecule has 7 heteroatoms. The molecule has 0 fully saturated rings. The number of aromatic amines is 1. The van der Waals surface area contributed by atoms with Crippen molar-refractivity contribution in [2.24, 2.45) is 0 Å². The highest BCUT2D eigenvalue weighted by Crippen LogP contribution is 2.27. The Kier molecular flexibility index (Phi) is 3.69. The molecule has 1 aromatic carbocycles. The molecule has 0 spiro atoms. The van der Waals surface area contributed by atoms with E-state index in [4.69, 9.17) is 11.6 Å². The van der Waals surface area contributed by atoms with E-state index < -0.39 is 0 Å². The summed E-state index contributed by atoms with van der Waals surface area (Å²) in [7, 11) is 0. The van der Waals surface area contributed by atoms with Crippen molar-refractivity contribution in [3.8, 4) is 17.2 Å². The number of fused-ring (bicyclic) bond motifs is 1. The van der Waals surface area contributed by atoms with Crippen LogP contribution < -0.4 is 5.56 Å². The van der Waals surface area contributed by atoms with Crippen LogP contribution in [0.5, 0.6) is 0 Å². The van der Waals surface area contributed by atoms with Crippen LogP contribution in [0.4, 0.5) is 0 Å². The first kappa shape index (κ1) is 14.1. The van der Waals surface area contributed by atoms with E-state index in [-0.39, 0.29) is 11.4 Å². The fourth-order valence-corrected chi connectivity index (χ4v) is 3.11. The fraction of sp³-hybridized carbons (Fsp3) is 0.0714. The van der Waals surface area contributed by atoms with E-state index in [0.29, 0.717) is 26.2 Å². The highest BCUT2D eigenvalue weighted by Gasteiger charge is 2.19. The molecule has 0 aliphatic rings. The van der Waals surface area contributed by atoms with E-state index in [9.17, 15) is 10.1 Å². The van der Waals surface area contributed by atoms with Gasteiger partial charge in [0.25, 0.3) is 5.56 Å². The molecule has 104 valence electrons. The first-order valence-electron chi connectivity index (χ1n) is 6.02. The summed E-state index contributed by atoms with van der Waals surface area (Å²) < 4.78 is 1.74. The van der Waals surface area contributed by atoms with E-state index >= 15 is 0 Å².